The highest BCUT2D eigenvalue weighted by Crippen LogP contribution is 2.31. The average Bonchev–Trinajstić information content (AvgIpc) is 2.62. The lowest BCUT2D eigenvalue weighted by Crippen LogP contribution is -1.99. The number of hydrogen-bond donors (Lipinski definition) is 1. The minimum absolute atomic E-state index is 0.110. The van der Waals surface area contributed by atoms with E-state index in [2.05, 4.69) is 11.1 Å². The summed E-state index contributed by atoms with van der Waals surface area (Å²) in [5, 5.41) is 18.2. The first-order valence-corrected chi connectivity index (χ1v) is 7.09. The van der Waals surface area contributed by atoms with Crippen molar-refractivity contribution in [1.82, 2.24) is 4.98 Å². The number of rotatable bonds is 2. The molecule has 0 fully saturated rings. The maximum atomic E-state index is 13.2. The van der Waals surface area contributed by atoms with Crippen LogP contribution in [-0.2, 0) is 0 Å². The van der Waals surface area contributed by atoms with Crippen LogP contribution < -0.4 is 5.73 Å². The van der Waals surface area contributed by atoms with Crippen LogP contribution in [0.4, 0.5) is 10.2 Å². The smallest absolute Gasteiger partial charge is 0.142 e. The van der Waals surface area contributed by atoms with Gasteiger partial charge in [-0.1, -0.05) is 24.3 Å². The zero-order valence-corrected chi connectivity index (χ0v) is 12.5. The molecule has 0 amide bonds. The van der Waals surface area contributed by atoms with Gasteiger partial charge in [-0.15, -0.1) is 0 Å². The molecule has 0 bridgehead atoms. The van der Waals surface area contributed by atoms with E-state index in [1.165, 1.54) is 12.1 Å². The monoisotopic (exact) mass is 314 g/mol. The summed E-state index contributed by atoms with van der Waals surface area (Å²) in [6, 6.07) is 18.6. The second-order valence-electron chi connectivity index (χ2n) is 5.12. The molecule has 0 spiro atoms. The van der Waals surface area contributed by atoms with Crippen molar-refractivity contribution in [2.45, 2.75) is 0 Å². The third-order valence-corrected chi connectivity index (χ3v) is 3.62. The Bertz CT molecular complexity index is 978. The van der Waals surface area contributed by atoms with Gasteiger partial charge in [0.1, 0.15) is 23.3 Å². The Morgan fingerprint density at radius 2 is 1.50 bits per heavy atom. The summed E-state index contributed by atoms with van der Waals surface area (Å²) in [6.45, 7) is 0. The number of benzene rings is 2. The highest BCUT2D eigenvalue weighted by molar-refractivity contribution is 5.80. The van der Waals surface area contributed by atoms with E-state index in [1.54, 1.807) is 42.5 Å². The fourth-order valence-electron chi connectivity index (χ4n) is 2.40. The number of nitriles is 2. The average molecular weight is 314 g/mol. The molecular weight excluding hydrogens is 303 g/mol. The van der Waals surface area contributed by atoms with E-state index in [9.17, 15) is 9.65 Å². The summed E-state index contributed by atoms with van der Waals surface area (Å²) in [4.78, 5) is 4.27. The molecule has 0 aliphatic carbocycles. The molecule has 4 nitrogen and oxygen atoms in total. The van der Waals surface area contributed by atoms with Crippen molar-refractivity contribution in [3.8, 4) is 34.5 Å². The summed E-state index contributed by atoms with van der Waals surface area (Å²) in [7, 11) is 0. The summed E-state index contributed by atoms with van der Waals surface area (Å²) in [5.74, 6) is -0.245. The Hall–Kier alpha value is -3.70. The molecule has 3 aromatic rings. The second-order valence-corrected chi connectivity index (χ2v) is 5.12. The molecule has 0 atom stereocenters. The molecule has 1 heterocycles. The molecule has 0 unspecified atom stereocenters. The Balaban J connectivity index is 2.18. The van der Waals surface area contributed by atoms with E-state index < -0.39 is 0 Å². The third-order valence-electron chi connectivity index (χ3n) is 3.62. The van der Waals surface area contributed by atoms with Gasteiger partial charge in [0.2, 0.25) is 0 Å². The molecule has 1 aromatic heterocycles. The Kier molecular flexibility index (Phi) is 3.93. The first-order chi connectivity index (χ1) is 11.6. The number of nitrogens with two attached hydrogens (primary N) is 1. The van der Waals surface area contributed by atoms with Gasteiger partial charge in [-0.25, -0.2) is 9.37 Å². The quantitative estimate of drug-likeness (QED) is 0.777. The predicted octanol–water partition coefficient (Wildman–Crippen LogP) is 3.88. The fourth-order valence-corrected chi connectivity index (χ4v) is 2.40. The molecule has 2 aromatic carbocycles. The van der Waals surface area contributed by atoms with Gasteiger partial charge < -0.3 is 5.73 Å². The maximum Gasteiger partial charge on any atom is 0.142 e. The van der Waals surface area contributed by atoms with E-state index in [0.29, 0.717) is 22.4 Å². The molecule has 3 rings (SSSR count). The van der Waals surface area contributed by atoms with Gasteiger partial charge in [0, 0.05) is 11.1 Å². The van der Waals surface area contributed by atoms with Crippen LogP contribution in [0.5, 0.6) is 0 Å². The maximum absolute atomic E-state index is 13.2. The minimum Gasteiger partial charge on any atom is -0.383 e. The van der Waals surface area contributed by atoms with Gasteiger partial charge in [0.15, 0.2) is 0 Å². The van der Waals surface area contributed by atoms with E-state index in [-0.39, 0.29) is 17.2 Å². The number of aromatic nitrogens is 1. The molecule has 0 aliphatic rings. The third kappa shape index (κ3) is 2.79. The van der Waals surface area contributed by atoms with Crippen LogP contribution in [0.2, 0.25) is 0 Å². The van der Waals surface area contributed by atoms with Gasteiger partial charge in [-0.05, 0) is 35.9 Å². The van der Waals surface area contributed by atoms with Crippen LogP contribution in [-0.4, -0.2) is 4.98 Å². The molecular formula is C19H11FN4. The van der Waals surface area contributed by atoms with Crippen LogP contribution in [0, 0.1) is 28.5 Å². The van der Waals surface area contributed by atoms with E-state index >= 15 is 0 Å². The molecule has 114 valence electrons. The number of anilines is 1. The lowest BCUT2D eigenvalue weighted by Gasteiger charge is -2.10. The standard InChI is InChI=1S/C19H11FN4/c20-15-7-5-13(6-8-15)16-9-18(24-19(23)17(16)11-22)14-3-1-12(10-21)2-4-14/h1-9H,(H2,23,24). The number of halogens is 1. The lowest BCUT2D eigenvalue weighted by atomic mass is 9.98. The highest BCUT2D eigenvalue weighted by Gasteiger charge is 2.13. The molecule has 0 saturated carbocycles. The van der Waals surface area contributed by atoms with Crippen LogP contribution in [0.15, 0.2) is 54.6 Å². The molecule has 0 radical (unpaired) electrons. The van der Waals surface area contributed by atoms with Crippen molar-refractivity contribution < 1.29 is 4.39 Å². The van der Waals surface area contributed by atoms with Crippen LogP contribution >= 0.6 is 0 Å². The first-order valence-electron chi connectivity index (χ1n) is 7.09. The molecule has 2 N–H and O–H groups in total. The van der Waals surface area contributed by atoms with Crippen molar-refractivity contribution in [1.29, 1.82) is 10.5 Å². The van der Waals surface area contributed by atoms with Gasteiger partial charge in [0.25, 0.3) is 0 Å². The topological polar surface area (TPSA) is 86.5 Å². The largest absolute Gasteiger partial charge is 0.383 e. The lowest BCUT2D eigenvalue weighted by molar-refractivity contribution is 0.628. The van der Waals surface area contributed by atoms with Crippen molar-refractivity contribution in [2.24, 2.45) is 0 Å². The molecule has 24 heavy (non-hydrogen) atoms. The van der Waals surface area contributed by atoms with Crippen LogP contribution in [0.3, 0.4) is 0 Å². The Labute approximate surface area is 138 Å². The van der Waals surface area contributed by atoms with E-state index in [1.807, 2.05) is 6.07 Å². The summed E-state index contributed by atoms with van der Waals surface area (Å²) in [6.07, 6.45) is 0. The van der Waals surface area contributed by atoms with E-state index in [4.69, 9.17) is 11.0 Å². The van der Waals surface area contributed by atoms with Crippen LogP contribution in [0.1, 0.15) is 11.1 Å². The van der Waals surface area contributed by atoms with Crippen molar-refractivity contribution >= 4 is 5.82 Å². The van der Waals surface area contributed by atoms with Crippen LogP contribution in [0.25, 0.3) is 22.4 Å². The number of hydrogen-bond acceptors (Lipinski definition) is 4. The predicted molar refractivity (Wildman–Crippen MR) is 88.9 cm³/mol. The number of nitrogens with zero attached hydrogens (tertiary/aromatic N) is 3. The number of pyridine rings is 1. The van der Waals surface area contributed by atoms with Gasteiger partial charge in [0.05, 0.1) is 17.3 Å². The first kappa shape index (κ1) is 15.2. The summed E-state index contributed by atoms with van der Waals surface area (Å²) < 4.78 is 13.2. The SMILES string of the molecule is N#Cc1ccc(-c2cc(-c3ccc(F)cc3)c(C#N)c(N)n2)cc1. The van der Waals surface area contributed by atoms with Crippen molar-refractivity contribution in [3.63, 3.8) is 0 Å². The summed E-state index contributed by atoms with van der Waals surface area (Å²) in [5.41, 5.74) is 9.34. The molecule has 0 saturated heterocycles. The van der Waals surface area contributed by atoms with E-state index in [0.717, 1.165) is 5.56 Å². The van der Waals surface area contributed by atoms with Gasteiger partial charge in [-0.3, -0.25) is 0 Å². The van der Waals surface area contributed by atoms with Crippen molar-refractivity contribution in [3.05, 3.63) is 71.5 Å². The van der Waals surface area contributed by atoms with Gasteiger partial charge in [-0.2, -0.15) is 10.5 Å². The zero-order valence-electron chi connectivity index (χ0n) is 12.5. The zero-order chi connectivity index (χ0) is 17.1. The van der Waals surface area contributed by atoms with Crippen molar-refractivity contribution in [2.75, 3.05) is 5.73 Å². The summed E-state index contributed by atoms with van der Waals surface area (Å²) >= 11 is 0. The molecule has 5 heteroatoms. The minimum atomic E-state index is -0.355. The fraction of sp³-hybridized carbons (Fsp3) is 0. The second kappa shape index (κ2) is 6.20. The Morgan fingerprint density at radius 1 is 0.875 bits per heavy atom. The normalized spacial score (nSPS) is 9.96. The number of nitrogen functional groups attached to an aromatic ring is 1. The Morgan fingerprint density at radius 3 is 2.08 bits per heavy atom. The highest BCUT2D eigenvalue weighted by atomic mass is 19.1. The van der Waals surface area contributed by atoms with Gasteiger partial charge >= 0.3 is 0 Å². The molecule has 0 aliphatic heterocycles.